The number of ether oxygens (including phenoxy) is 3. The van der Waals surface area contributed by atoms with E-state index in [1.165, 1.54) is 270 Å². The number of carbonyl (C=O) groups is 3. The van der Waals surface area contributed by atoms with Gasteiger partial charge in [-0.1, -0.05) is 359 Å². The fourth-order valence-electron chi connectivity index (χ4n) is 10.9. The van der Waals surface area contributed by atoms with Crippen molar-refractivity contribution in [1.29, 1.82) is 0 Å². The van der Waals surface area contributed by atoms with Gasteiger partial charge >= 0.3 is 17.9 Å². The fraction of sp³-hybridized carbons (Fsp3) is 0.877. The molecule has 6 heteroatoms. The van der Waals surface area contributed by atoms with Crippen LogP contribution < -0.4 is 0 Å². The molecule has 1 atom stereocenters. The van der Waals surface area contributed by atoms with Crippen LogP contribution in [0.4, 0.5) is 0 Å². The molecule has 0 radical (unpaired) electrons. The number of carbonyl (C=O) groups excluding carboxylic acids is 3. The number of hydrogen-bond acceptors (Lipinski definition) is 6. The van der Waals surface area contributed by atoms with E-state index in [1.54, 1.807) is 0 Å². The van der Waals surface area contributed by atoms with E-state index in [9.17, 15) is 14.4 Å². The molecule has 1 unspecified atom stereocenters. The molecular weight excluding hydrogens is 973 g/mol. The van der Waals surface area contributed by atoms with Gasteiger partial charge in [-0.25, -0.2) is 0 Å². The first kappa shape index (κ1) is 76.6. The minimum Gasteiger partial charge on any atom is -0.462 e. The summed E-state index contributed by atoms with van der Waals surface area (Å²) in [7, 11) is 0. The summed E-state index contributed by atoms with van der Waals surface area (Å²) < 4.78 is 17.0. The summed E-state index contributed by atoms with van der Waals surface area (Å²) in [5, 5.41) is 0. The lowest BCUT2D eigenvalue weighted by molar-refractivity contribution is -0.167. The number of rotatable bonds is 66. The van der Waals surface area contributed by atoms with Crippen molar-refractivity contribution < 1.29 is 28.6 Å². The number of unbranched alkanes of at least 4 members (excludes halogenated alkanes) is 49. The quantitative estimate of drug-likeness (QED) is 0.0261. The monoisotopic (exact) mass is 1110 g/mol. The third-order valence-corrected chi connectivity index (χ3v) is 16.2. The van der Waals surface area contributed by atoms with Crippen LogP contribution in [0.5, 0.6) is 0 Å². The van der Waals surface area contributed by atoms with Crippen molar-refractivity contribution in [3.8, 4) is 0 Å². The summed E-state index contributed by atoms with van der Waals surface area (Å²) >= 11 is 0. The maximum absolute atomic E-state index is 12.9. The molecule has 0 saturated heterocycles. The smallest absolute Gasteiger partial charge is 0.306 e. The second-order valence-electron chi connectivity index (χ2n) is 24.1. The molecule has 0 saturated carbocycles. The second kappa shape index (κ2) is 68.1. The van der Waals surface area contributed by atoms with E-state index < -0.39 is 6.10 Å². The predicted molar refractivity (Wildman–Crippen MR) is 344 cm³/mol. The van der Waals surface area contributed by atoms with E-state index in [4.69, 9.17) is 14.2 Å². The molecular formula is C73H136O6. The van der Waals surface area contributed by atoms with E-state index >= 15 is 0 Å². The maximum atomic E-state index is 12.9. The molecule has 0 fully saturated rings. The lowest BCUT2D eigenvalue weighted by Crippen LogP contribution is -2.30. The number of hydrogen-bond donors (Lipinski definition) is 0. The van der Waals surface area contributed by atoms with Crippen LogP contribution in [0.3, 0.4) is 0 Å². The molecule has 6 nitrogen and oxygen atoms in total. The zero-order valence-corrected chi connectivity index (χ0v) is 53.4. The molecule has 0 spiro atoms. The Hall–Kier alpha value is -2.37. The highest BCUT2D eigenvalue weighted by molar-refractivity contribution is 5.71. The van der Waals surface area contributed by atoms with Gasteiger partial charge in [-0.2, -0.15) is 0 Å². The normalized spacial score (nSPS) is 12.2. The highest BCUT2D eigenvalue weighted by atomic mass is 16.6. The van der Waals surface area contributed by atoms with E-state index in [0.717, 1.165) is 83.5 Å². The van der Waals surface area contributed by atoms with Crippen molar-refractivity contribution >= 4 is 17.9 Å². The zero-order chi connectivity index (χ0) is 57.1. The molecule has 0 amide bonds. The van der Waals surface area contributed by atoms with Gasteiger partial charge in [0.05, 0.1) is 0 Å². The van der Waals surface area contributed by atoms with Crippen molar-refractivity contribution in [2.75, 3.05) is 13.2 Å². The van der Waals surface area contributed by atoms with E-state index in [2.05, 4.69) is 57.2 Å². The minimum atomic E-state index is -0.774. The Kier molecular flexibility index (Phi) is 66.1. The predicted octanol–water partition coefficient (Wildman–Crippen LogP) is 24.3. The maximum Gasteiger partial charge on any atom is 0.306 e. The largest absolute Gasteiger partial charge is 0.462 e. The van der Waals surface area contributed by atoms with Gasteiger partial charge < -0.3 is 14.2 Å². The summed E-state index contributed by atoms with van der Waals surface area (Å²) in [4.78, 5) is 38.5. The Morgan fingerprint density at radius 2 is 0.494 bits per heavy atom. The Labute approximate surface area is 493 Å². The van der Waals surface area contributed by atoms with E-state index in [-0.39, 0.29) is 31.1 Å². The van der Waals surface area contributed by atoms with Crippen molar-refractivity contribution in [1.82, 2.24) is 0 Å². The Morgan fingerprint density at radius 3 is 0.772 bits per heavy atom. The second-order valence-corrected chi connectivity index (χ2v) is 24.1. The lowest BCUT2D eigenvalue weighted by atomic mass is 10.0. The van der Waals surface area contributed by atoms with Gasteiger partial charge in [-0.15, -0.1) is 0 Å². The van der Waals surface area contributed by atoms with E-state index in [1.807, 2.05) is 0 Å². The van der Waals surface area contributed by atoms with Gasteiger partial charge in [-0.05, 0) is 51.4 Å². The summed E-state index contributed by atoms with van der Waals surface area (Å²) in [6, 6.07) is 0. The highest BCUT2D eigenvalue weighted by Gasteiger charge is 2.19. The van der Waals surface area contributed by atoms with Crippen LogP contribution in [-0.4, -0.2) is 37.2 Å². The Bertz CT molecular complexity index is 1320. The molecule has 0 aliphatic carbocycles. The fourth-order valence-corrected chi connectivity index (χ4v) is 10.9. The van der Waals surface area contributed by atoms with Crippen LogP contribution in [-0.2, 0) is 28.6 Å². The van der Waals surface area contributed by atoms with Crippen LogP contribution in [0.2, 0.25) is 0 Å². The van der Waals surface area contributed by atoms with Gasteiger partial charge in [-0.3, -0.25) is 14.4 Å². The van der Waals surface area contributed by atoms with Gasteiger partial charge in [0.1, 0.15) is 13.2 Å². The Morgan fingerprint density at radius 1 is 0.266 bits per heavy atom. The van der Waals surface area contributed by atoms with Gasteiger partial charge in [0.2, 0.25) is 0 Å². The van der Waals surface area contributed by atoms with Crippen molar-refractivity contribution in [3.63, 3.8) is 0 Å². The number of esters is 3. The summed E-state index contributed by atoms with van der Waals surface area (Å²) in [5.41, 5.74) is 0. The first-order valence-corrected chi connectivity index (χ1v) is 35.5. The van der Waals surface area contributed by atoms with Crippen LogP contribution in [0, 0.1) is 0 Å². The summed E-state index contributed by atoms with van der Waals surface area (Å²) in [5.74, 6) is -0.848. The van der Waals surface area contributed by atoms with Gasteiger partial charge in [0.25, 0.3) is 0 Å². The van der Waals surface area contributed by atoms with E-state index in [0.29, 0.717) is 19.3 Å². The number of allylic oxidation sites excluding steroid dienone is 6. The van der Waals surface area contributed by atoms with Gasteiger partial charge in [0, 0.05) is 19.3 Å². The standard InChI is InChI=1S/C73H136O6/c1-4-7-10-13-16-19-22-25-28-31-33-34-35-36-37-38-39-40-43-45-48-51-54-57-60-63-66-72(75)78-69-70(68-77-71(74)65-62-59-56-53-50-47-44-41-30-27-24-21-18-15-12-9-6-3)79-73(76)67-64-61-58-55-52-49-46-42-32-29-26-23-20-17-14-11-8-5-2/h9,12,18,21,27,30,70H,4-8,10-11,13-17,19-20,22-26,28-29,31-69H2,1-3H3/b12-9-,21-18-,30-27-. The molecule has 0 aliphatic heterocycles. The lowest BCUT2D eigenvalue weighted by Gasteiger charge is -2.18. The van der Waals surface area contributed by atoms with Crippen LogP contribution in [0.15, 0.2) is 36.5 Å². The molecule has 0 aromatic carbocycles. The third kappa shape index (κ3) is 66.3. The average molecular weight is 1110 g/mol. The molecule has 0 aromatic rings. The molecule has 0 aliphatic rings. The zero-order valence-electron chi connectivity index (χ0n) is 53.4. The van der Waals surface area contributed by atoms with Crippen molar-refractivity contribution in [3.05, 3.63) is 36.5 Å². The molecule has 0 aromatic heterocycles. The summed E-state index contributed by atoms with van der Waals surface area (Å²) in [6.07, 6.45) is 84.6. The first-order valence-electron chi connectivity index (χ1n) is 35.5. The molecule has 464 valence electrons. The third-order valence-electron chi connectivity index (χ3n) is 16.2. The Balaban J connectivity index is 4.25. The van der Waals surface area contributed by atoms with Crippen LogP contribution in [0.1, 0.15) is 393 Å². The molecule has 0 N–H and O–H groups in total. The van der Waals surface area contributed by atoms with Crippen molar-refractivity contribution in [2.45, 2.75) is 399 Å². The molecule has 79 heavy (non-hydrogen) atoms. The van der Waals surface area contributed by atoms with Gasteiger partial charge in [0.15, 0.2) is 6.10 Å². The van der Waals surface area contributed by atoms with Crippen molar-refractivity contribution in [2.24, 2.45) is 0 Å². The molecule has 0 bridgehead atoms. The molecule has 0 heterocycles. The topological polar surface area (TPSA) is 78.9 Å². The average Bonchev–Trinajstić information content (AvgIpc) is 3.45. The molecule has 0 rings (SSSR count). The van der Waals surface area contributed by atoms with Crippen LogP contribution in [0.25, 0.3) is 0 Å². The minimum absolute atomic E-state index is 0.0692. The van der Waals surface area contributed by atoms with Crippen LogP contribution >= 0.6 is 0 Å². The summed E-state index contributed by atoms with van der Waals surface area (Å²) in [6.45, 7) is 6.61. The SMILES string of the molecule is CC/C=C\C/C=C\C/C=C\CCCCCCCCCC(=O)OCC(COC(=O)CCCCCCCCCCCCCCCCCCCCCCCCCCCC)OC(=O)CCCCCCCCCCCCCCCCCCCC. The first-order chi connectivity index (χ1) is 39.0. The highest BCUT2D eigenvalue weighted by Crippen LogP contribution is 2.19.